The van der Waals surface area contributed by atoms with Crippen molar-refractivity contribution >= 4 is 11.9 Å². The van der Waals surface area contributed by atoms with Gasteiger partial charge in [-0.05, 0) is 18.3 Å². The van der Waals surface area contributed by atoms with Gasteiger partial charge >= 0.3 is 11.9 Å². The second kappa shape index (κ2) is 3.12. The first-order chi connectivity index (χ1) is 6.65. The summed E-state index contributed by atoms with van der Waals surface area (Å²) < 4.78 is 4.63. The zero-order valence-corrected chi connectivity index (χ0v) is 7.84. The van der Waals surface area contributed by atoms with Crippen molar-refractivity contribution in [2.75, 3.05) is 7.11 Å². The monoisotopic (exact) mass is 196 g/mol. The van der Waals surface area contributed by atoms with Crippen molar-refractivity contribution in [2.45, 2.75) is 6.42 Å². The summed E-state index contributed by atoms with van der Waals surface area (Å²) in [6.45, 7) is 0. The van der Waals surface area contributed by atoms with Crippen LogP contribution in [-0.4, -0.2) is 24.2 Å². The molecule has 14 heavy (non-hydrogen) atoms. The first kappa shape index (κ1) is 9.24. The Balaban J connectivity index is 2.26. The van der Waals surface area contributed by atoms with Gasteiger partial charge in [-0.1, -0.05) is 12.2 Å². The van der Waals surface area contributed by atoms with Crippen molar-refractivity contribution in [3.8, 4) is 0 Å². The molecule has 1 N–H and O–H groups in total. The molecule has 0 spiro atoms. The molecule has 1 saturated carbocycles. The van der Waals surface area contributed by atoms with Gasteiger partial charge in [-0.15, -0.1) is 0 Å². The number of carbonyl (C=O) groups excluding carboxylic acids is 1. The summed E-state index contributed by atoms with van der Waals surface area (Å²) in [7, 11) is 1.30. The molecule has 4 heteroatoms. The highest BCUT2D eigenvalue weighted by atomic mass is 16.5. The zero-order valence-electron chi connectivity index (χ0n) is 7.84. The van der Waals surface area contributed by atoms with Crippen LogP contribution in [0.3, 0.4) is 0 Å². The van der Waals surface area contributed by atoms with Gasteiger partial charge in [-0.25, -0.2) is 0 Å². The molecule has 2 aliphatic carbocycles. The van der Waals surface area contributed by atoms with Crippen molar-refractivity contribution in [1.29, 1.82) is 0 Å². The molecular formula is C10H12O4. The van der Waals surface area contributed by atoms with E-state index in [2.05, 4.69) is 4.74 Å². The average molecular weight is 196 g/mol. The van der Waals surface area contributed by atoms with E-state index in [1.165, 1.54) is 7.11 Å². The highest BCUT2D eigenvalue weighted by molar-refractivity contribution is 5.83. The van der Waals surface area contributed by atoms with E-state index in [9.17, 15) is 9.59 Å². The molecule has 2 rings (SSSR count). The lowest BCUT2D eigenvalue weighted by Crippen LogP contribution is -2.33. The first-order valence-corrected chi connectivity index (χ1v) is 4.64. The van der Waals surface area contributed by atoms with Crippen LogP contribution in [0.15, 0.2) is 12.2 Å². The van der Waals surface area contributed by atoms with E-state index in [-0.39, 0.29) is 11.8 Å². The molecule has 0 aliphatic heterocycles. The maximum Gasteiger partial charge on any atom is 0.310 e. The fourth-order valence-electron chi connectivity index (χ4n) is 2.62. The summed E-state index contributed by atoms with van der Waals surface area (Å²) in [4.78, 5) is 22.4. The number of hydrogen-bond acceptors (Lipinski definition) is 3. The molecule has 76 valence electrons. The third-order valence-electron chi connectivity index (χ3n) is 3.22. The number of methoxy groups -OCH3 is 1. The Labute approximate surface area is 81.6 Å². The number of carbonyl (C=O) groups is 2. The second-order valence-corrected chi connectivity index (χ2v) is 3.86. The molecule has 4 nitrogen and oxygen atoms in total. The SMILES string of the molecule is COC(=O)[C@H]1C2C=CC(C2)[C@@H]1C(=O)O. The van der Waals surface area contributed by atoms with Crippen LogP contribution < -0.4 is 0 Å². The van der Waals surface area contributed by atoms with Crippen LogP contribution in [0.2, 0.25) is 0 Å². The summed E-state index contributed by atoms with van der Waals surface area (Å²) in [6, 6.07) is 0. The Hall–Kier alpha value is -1.32. The summed E-state index contributed by atoms with van der Waals surface area (Å²) in [6.07, 6.45) is 4.62. The van der Waals surface area contributed by atoms with E-state index in [1.807, 2.05) is 12.2 Å². The minimum absolute atomic E-state index is 0.0154. The van der Waals surface area contributed by atoms with E-state index in [1.54, 1.807) is 0 Å². The molecule has 0 saturated heterocycles. The first-order valence-electron chi connectivity index (χ1n) is 4.64. The van der Waals surface area contributed by atoms with Crippen molar-refractivity contribution in [3.63, 3.8) is 0 Å². The quantitative estimate of drug-likeness (QED) is 0.521. The van der Waals surface area contributed by atoms with Crippen LogP contribution in [0.1, 0.15) is 6.42 Å². The topological polar surface area (TPSA) is 63.6 Å². The van der Waals surface area contributed by atoms with Crippen LogP contribution in [0.4, 0.5) is 0 Å². The summed E-state index contributed by atoms with van der Waals surface area (Å²) >= 11 is 0. The number of carboxylic acids is 1. The van der Waals surface area contributed by atoms with Gasteiger partial charge < -0.3 is 9.84 Å². The minimum atomic E-state index is -0.891. The summed E-state index contributed by atoms with van der Waals surface area (Å²) in [5.74, 6) is -2.27. The summed E-state index contributed by atoms with van der Waals surface area (Å²) in [5, 5.41) is 9.01. The van der Waals surface area contributed by atoms with Crippen LogP contribution in [0, 0.1) is 23.7 Å². The fraction of sp³-hybridized carbons (Fsp3) is 0.600. The summed E-state index contributed by atoms with van der Waals surface area (Å²) in [5.41, 5.74) is 0. The van der Waals surface area contributed by atoms with E-state index in [0.717, 1.165) is 6.42 Å². The Morgan fingerprint density at radius 1 is 1.29 bits per heavy atom. The van der Waals surface area contributed by atoms with Gasteiger partial charge in [-0.2, -0.15) is 0 Å². The van der Waals surface area contributed by atoms with Gasteiger partial charge in [0.1, 0.15) is 0 Å². The standard InChI is InChI=1S/C10H12O4/c1-14-10(13)8-6-3-2-5(4-6)7(8)9(11)12/h2-3,5-8H,4H2,1H3,(H,11,12)/t5?,6?,7-,8-/m0/s1. The highest BCUT2D eigenvalue weighted by Gasteiger charge is 2.52. The molecule has 0 aromatic rings. The van der Waals surface area contributed by atoms with E-state index < -0.39 is 23.8 Å². The molecule has 2 aliphatic rings. The molecule has 0 aromatic heterocycles. The lowest BCUT2D eigenvalue weighted by atomic mass is 9.83. The number of rotatable bonds is 2. The van der Waals surface area contributed by atoms with Gasteiger partial charge in [0.15, 0.2) is 0 Å². The lowest BCUT2D eigenvalue weighted by Gasteiger charge is -2.21. The van der Waals surface area contributed by atoms with Crippen LogP contribution in [0.5, 0.6) is 0 Å². The third kappa shape index (κ3) is 1.14. The Morgan fingerprint density at radius 3 is 2.36 bits per heavy atom. The number of fused-ring (bicyclic) bond motifs is 2. The number of aliphatic carboxylic acids is 1. The maximum atomic E-state index is 11.4. The minimum Gasteiger partial charge on any atom is -0.481 e. The van der Waals surface area contributed by atoms with E-state index in [0.29, 0.717) is 0 Å². The van der Waals surface area contributed by atoms with Crippen LogP contribution >= 0.6 is 0 Å². The molecule has 2 bridgehead atoms. The van der Waals surface area contributed by atoms with Crippen molar-refractivity contribution < 1.29 is 19.4 Å². The van der Waals surface area contributed by atoms with Crippen molar-refractivity contribution in [3.05, 3.63) is 12.2 Å². The van der Waals surface area contributed by atoms with E-state index in [4.69, 9.17) is 5.11 Å². The number of carboxylic acid groups (broad SMARTS) is 1. The van der Waals surface area contributed by atoms with Crippen LogP contribution in [0.25, 0.3) is 0 Å². The van der Waals surface area contributed by atoms with Crippen LogP contribution in [-0.2, 0) is 14.3 Å². The van der Waals surface area contributed by atoms with Crippen molar-refractivity contribution in [2.24, 2.45) is 23.7 Å². The van der Waals surface area contributed by atoms with Crippen molar-refractivity contribution in [1.82, 2.24) is 0 Å². The zero-order chi connectivity index (χ0) is 10.3. The fourth-order valence-corrected chi connectivity index (χ4v) is 2.62. The Kier molecular flexibility index (Phi) is 2.06. The number of allylic oxidation sites excluding steroid dienone is 2. The third-order valence-corrected chi connectivity index (χ3v) is 3.22. The molecule has 0 amide bonds. The lowest BCUT2D eigenvalue weighted by molar-refractivity contribution is -0.156. The molecule has 0 aromatic carbocycles. The van der Waals surface area contributed by atoms with Gasteiger partial charge in [0.2, 0.25) is 0 Å². The largest absolute Gasteiger partial charge is 0.481 e. The molecule has 0 radical (unpaired) electrons. The number of ether oxygens (including phenoxy) is 1. The Morgan fingerprint density at radius 2 is 1.86 bits per heavy atom. The normalized spacial score (nSPS) is 38.6. The predicted octanol–water partition coefficient (Wildman–Crippen LogP) is 0.682. The highest BCUT2D eigenvalue weighted by Crippen LogP contribution is 2.48. The van der Waals surface area contributed by atoms with Gasteiger partial charge in [0, 0.05) is 0 Å². The van der Waals surface area contributed by atoms with Gasteiger partial charge in [0.05, 0.1) is 18.9 Å². The number of hydrogen-bond donors (Lipinski definition) is 1. The van der Waals surface area contributed by atoms with E-state index >= 15 is 0 Å². The molecule has 0 heterocycles. The molecule has 2 unspecified atom stereocenters. The molecular weight excluding hydrogens is 184 g/mol. The predicted molar refractivity (Wildman–Crippen MR) is 47.4 cm³/mol. The van der Waals surface area contributed by atoms with Gasteiger partial charge in [0.25, 0.3) is 0 Å². The average Bonchev–Trinajstić information content (AvgIpc) is 2.74. The Bertz CT molecular complexity index is 307. The maximum absolute atomic E-state index is 11.4. The molecule has 4 atom stereocenters. The second-order valence-electron chi connectivity index (χ2n) is 3.86. The smallest absolute Gasteiger partial charge is 0.310 e. The van der Waals surface area contributed by atoms with Gasteiger partial charge in [-0.3, -0.25) is 9.59 Å². The number of esters is 1. The molecule has 1 fully saturated rings.